The highest BCUT2D eigenvalue weighted by Gasteiger charge is 2.51. The first-order valence-electron chi connectivity index (χ1n) is 8.81. The van der Waals surface area contributed by atoms with E-state index in [1.807, 2.05) is 30.3 Å². The molecule has 0 amide bonds. The standard InChI is InChI=1S/C21H23NO2/c1-16-10-11-19-18(14-16)21(20(23)24-19,17-8-4-2-5-9-17)15-22-12-6-3-7-13-22/h2,4-5,8-11,14H,3,6-7,12-13,15H2,1H3. The number of nitrogens with zero attached hydrogens (tertiary/aromatic N) is 1. The molecule has 2 heterocycles. The van der Waals surface area contributed by atoms with Crippen LogP contribution >= 0.6 is 0 Å². The molecule has 3 heteroatoms. The van der Waals surface area contributed by atoms with Crippen molar-refractivity contribution in [3.63, 3.8) is 0 Å². The second-order valence-corrected chi connectivity index (χ2v) is 7.00. The third-order valence-electron chi connectivity index (χ3n) is 5.32. The van der Waals surface area contributed by atoms with E-state index in [1.54, 1.807) is 0 Å². The van der Waals surface area contributed by atoms with Crippen LogP contribution in [0, 0.1) is 6.92 Å². The number of benzene rings is 2. The molecule has 0 spiro atoms. The van der Waals surface area contributed by atoms with Gasteiger partial charge in [0.15, 0.2) is 0 Å². The number of likely N-dealkylation sites (tertiary alicyclic amines) is 1. The molecule has 1 atom stereocenters. The predicted octanol–water partition coefficient (Wildman–Crippen LogP) is 3.69. The maximum atomic E-state index is 13.1. The van der Waals surface area contributed by atoms with Crippen LogP contribution in [0.15, 0.2) is 48.5 Å². The molecule has 3 nitrogen and oxygen atoms in total. The Hall–Kier alpha value is -2.13. The van der Waals surface area contributed by atoms with Gasteiger partial charge in [0.2, 0.25) is 0 Å². The number of rotatable bonds is 3. The highest BCUT2D eigenvalue weighted by Crippen LogP contribution is 2.45. The van der Waals surface area contributed by atoms with Crippen molar-refractivity contribution in [3.05, 3.63) is 65.2 Å². The highest BCUT2D eigenvalue weighted by molar-refractivity contribution is 5.94. The van der Waals surface area contributed by atoms with Crippen LogP contribution in [-0.2, 0) is 10.2 Å². The summed E-state index contributed by atoms with van der Waals surface area (Å²) >= 11 is 0. The van der Waals surface area contributed by atoms with Crippen molar-refractivity contribution in [3.8, 4) is 5.75 Å². The summed E-state index contributed by atoms with van der Waals surface area (Å²) < 4.78 is 5.71. The second-order valence-electron chi connectivity index (χ2n) is 7.00. The number of fused-ring (bicyclic) bond motifs is 1. The molecule has 124 valence electrons. The summed E-state index contributed by atoms with van der Waals surface area (Å²) in [5.41, 5.74) is 2.50. The van der Waals surface area contributed by atoms with Crippen LogP contribution in [0.3, 0.4) is 0 Å². The van der Waals surface area contributed by atoms with E-state index < -0.39 is 5.41 Å². The fraction of sp³-hybridized carbons (Fsp3) is 0.381. The minimum atomic E-state index is -0.708. The van der Waals surface area contributed by atoms with E-state index in [0.717, 1.165) is 29.8 Å². The minimum Gasteiger partial charge on any atom is -0.425 e. The topological polar surface area (TPSA) is 29.5 Å². The molecule has 1 fully saturated rings. The SMILES string of the molecule is Cc1ccc2c(c1)C(CN1CCCCC1)(c1ccccc1)C(=O)O2. The quantitative estimate of drug-likeness (QED) is 0.638. The number of ether oxygens (including phenoxy) is 1. The number of hydrogen-bond acceptors (Lipinski definition) is 3. The summed E-state index contributed by atoms with van der Waals surface area (Å²) in [6.07, 6.45) is 3.70. The van der Waals surface area contributed by atoms with Crippen molar-refractivity contribution in [2.24, 2.45) is 0 Å². The van der Waals surface area contributed by atoms with Crippen LogP contribution in [0.25, 0.3) is 0 Å². The number of carbonyl (C=O) groups excluding carboxylic acids is 1. The molecule has 0 aliphatic carbocycles. The Bertz CT molecular complexity index is 750. The number of hydrogen-bond donors (Lipinski definition) is 0. The lowest BCUT2D eigenvalue weighted by atomic mass is 9.74. The molecule has 0 aromatic heterocycles. The molecule has 1 unspecified atom stereocenters. The predicted molar refractivity (Wildman–Crippen MR) is 94.3 cm³/mol. The normalized spacial score (nSPS) is 23.8. The van der Waals surface area contributed by atoms with Gasteiger partial charge in [0.1, 0.15) is 11.2 Å². The maximum absolute atomic E-state index is 13.1. The van der Waals surface area contributed by atoms with Gasteiger partial charge in [-0.25, -0.2) is 0 Å². The molecule has 24 heavy (non-hydrogen) atoms. The number of aryl methyl sites for hydroxylation is 1. The number of carbonyl (C=O) groups is 1. The Morgan fingerprint density at radius 2 is 1.79 bits per heavy atom. The lowest BCUT2D eigenvalue weighted by Crippen LogP contribution is -2.47. The molecule has 2 aromatic rings. The third-order valence-corrected chi connectivity index (χ3v) is 5.32. The second kappa shape index (κ2) is 6.06. The molecule has 4 rings (SSSR count). The molecule has 0 saturated carbocycles. The molecule has 0 bridgehead atoms. The van der Waals surface area contributed by atoms with E-state index in [4.69, 9.17) is 4.74 Å². The number of piperidine rings is 1. The van der Waals surface area contributed by atoms with Crippen molar-refractivity contribution in [1.29, 1.82) is 0 Å². The lowest BCUT2D eigenvalue weighted by molar-refractivity contribution is -0.137. The Morgan fingerprint density at radius 3 is 2.54 bits per heavy atom. The van der Waals surface area contributed by atoms with Gasteiger partial charge in [0.25, 0.3) is 0 Å². The van der Waals surface area contributed by atoms with Gasteiger partial charge in [0, 0.05) is 12.1 Å². The van der Waals surface area contributed by atoms with E-state index in [1.165, 1.54) is 19.3 Å². The van der Waals surface area contributed by atoms with Gasteiger partial charge < -0.3 is 9.64 Å². The first-order chi connectivity index (χ1) is 11.7. The van der Waals surface area contributed by atoms with Crippen molar-refractivity contribution in [2.45, 2.75) is 31.6 Å². The Kier molecular flexibility index (Phi) is 3.89. The van der Waals surface area contributed by atoms with Crippen LogP contribution in [-0.4, -0.2) is 30.5 Å². The van der Waals surface area contributed by atoms with E-state index in [0.29, 0.717) is 12.3 Å². The first kappa shape index (κ1) is 15.4. The molecule has 2 aliphatic heterocycles. The van der Waals surface area contributed by atoms with Gasteiger partial charge in [-0.15, -0.1) is 0 Å². The lowest BCUT2D eigenvalue weighted by Gasteiger charge is -2.35. The third kappa shape index (κ3) is 2.44. The van der Waals surface area contributed by atoms with Crippen LogP contribution in [0.5, 0.6) is 5.75 Å². The summed E-state index contributed by atoms with van der Waals surface area (Å²) in [4.78, 5) is 15.5. The van der Waals surface area contributed by atoms with Gasteiger partial charge in [-0.3, -0.25) is 4.79 Å². The average molecular weight is 321 g/mol. The summed E-state index contributed by atoms with van der Waals surface area (Å²) in [6, 6.07) is 16.2. The first-order valence-corrected chi connectivity index (χ1v) is 8.81. The maximum Gasteiger partial charge on any atom is 0.327 e. The zero-order valence-electron chi connectivity index (χ0n) is 14.1. The molecular weight excluding hydrogens is 298 g/mol. The van der Waals surface area contributed by atoms with Crippen LogP contribution in [0.2, 0.25) is 0 Å². The van der Waals surface area contributed by atoms with E-state index in [-0.39, 0.29) is 5.97 Å². The van der Waals surface area contributed by atoms with Crippen LogP contribution in [0.4, 0.5) is 0 Å². The van der Waals surface area contributed by atoms with Crippen LogP contribution in [0.1, 0.15) is 36.0 Å². The highest BCUT2D eigenvalue weighted by atomic mass is 16.5. The van der Waals surface area contributed by atoms with Crippen molar-refractivity contribution >= 4 is 5.97 Å². The van der Waals surface area contributed by atoms with Crippen LogP contribution < -0.4 is 4.74 Å². The summed E-state index contributed by atoms with van der Waals surface area (Å²) in [6.45, 7) is 4.89. The Labute approximate surface area is 143 Å². The fourth-order valence-corrected chi connectivity index (χ4v) is 4.05. The minimum absolute atomic E-state index is 0.139. The molecule has 1 saturated heterocycles. The van der Waals surface area contributed by atoms with Crippen molar-refractivity contribution in [2.75, 3.05) is 19.6 Å². The zero-order chi connectivity index (χ0) is 16.6. The summed E-state index contributed by atoms with van der Waals surface area (Å²) in [5.74, 6) is 0.575. The Morgan fingerprint density at radius 1 is 1.04 bits per heavy atom. The van der Waals surface area contributed by atoms with E-state index in [2.05, 4.69) is 30.0 Å². The summed E-state index contributed by atoms with van der Waals surface area (Å²) in [7, 11) is 0. The van der Waals surface area contributed by atoms with E-state index >= 15 is 0 Å². The fourth-order valence-electron chi connectivity index (χ4n) is 4.05. The number of esters is 1. The molecular formula is C21H23NO2. The van der Waals surface area contributed by atoms with Crippen molar-refractivity contribution < 1.29 is 9.53 Å². The van der Waals surface area contributed by atoms with Gasteiger partial charge in [-0.1, -0.05) is 54.4 Å². The average Bonchev–Trinajstić information content (AvgIpc) is 2.89. The summed E-state index contributed by atoms with van der Waals surface area (Å²) in [5, 5.41) is 0. The molecule has 2 aromatic carbocycles. The van der Waals surface area contributed by atoms with Gasteiger partial charge in [-0.05, 0) is 44.5 Å². The monoisotopic (exact) mass is 321 g/mol. The van der Waals surface area contributed by atoms with Gasteiger partial charge in [0.05, 0.1) is 0 Å². The largest absolute Gasteiger partial charge is 0.425 e. The van der Waals surface area contributed by atoms with Gasteiger partial charge in [-0.2, -0.15) is 0 Å². The molecule has 2 aliphatic rings. The Balaban J connectivity index is 1.85. The molecule has 0 radical (unpaired) electrons. The van der Waals surface area contributed by atoms with E-state index in [9.17, 15) is 4.79 Å². The molecule has 0 N–H and O–H groups in total. The zero-order valence-corrected chi connectivity index (χ0v) is 14.1. The van der Waals surface area contributed by atoms with Gasteiger partial charge >= 0.3 is 5.97 Å². The van der Waals surface area contributed by atoms with Crippen molar-refractivity contribution in [1.82, 2.24) is 4.90 Å². The smallest absolute Gasteiger partial charge is 0.327 e.